The van der Waals surface area contributed by atoms with Crippen molar-refractivity contribution in [2.45, 2.75) is 60.6 Å². The fourth-order valence-corrected chi connectivity index (χ4v) is 5.92. The Kier molecular flexibility index (Phi) is 14.9. The number of esters is 1. The van der Waals surface area contributed by atoms with Crippen molar-refractivity contribution in [3.05, 3.63) is 81.0 Å². The highest BCUT2D eigenvalue weighted by Crippen LogP contribution is 2.47. The third-order valence-corrected chi connectivity index (χ3v) is 7.56. The number of ether oxygens (including phenoxy) is 5. The maximum atomic E-state index is 13.9. The number of nitrogens with zero attached hydrogens (tertiary/aromatic N) is 1. The molecule has 0 spiro atoms. The van der Waals surface area contributed by atoms with Gasteiger partial charge in [0.25, 0.3) is 0 Å². The molecule has 6 atom stereocenters. The highest BCUT2D eigenvalue weighted by Gasteiger charge is 2.59. The number of rotatable bonds is 18. The molecule has 2 rings (SSSR count). The van der Waals surface area contributed by atoms with E-state index in [1.54, 1.807) is 0 Å². The minimum Gasteiger partial charge on any atom is -0.459 e. The number of carbonyl (C=O) groups excluding carboxylic acids is 3. The van der Waals surface area contributed by atoms with Crippen molar-refractivity contribution >= 4 is 29.5 Å². The number of imide groups is 1. The molecule has 42 heavy (non-hydrogen) atoms. The van der Waals surface area contributed by atoms with Gasteiger partial charge in [0, 0.05) is 25.2 Å². The van der Waals surface area contributed by atoms with Crippen LogP contribution in [0.25, 0.3) is 0 Å². The fraction of sp³-hybridized carbons (Fsp3) is 0.452. The Bertz CT molecular complexity index is 1070. The molecule has 1 aromatic rings. The van der Waals surface area contributed by atoms with Crippen LogP contribution in [0.1, 0.15) is 20.3 Å². The van der Waals surface area contributed by atoms with Crippen molar-refractivity contribution < 1.29 is 43.2 Å². The van der Waals surface area contributed by atoms with Crippen molar-refractivity contribution in [2.75, 3.05) is 33.0 Å². The van der Waals surface area contributed by atoms with Gasteiger partial charge < -0.3 is 28.8 Å². The second-order valence-electron chi connectivity index (χ2n) is 9.33. The molecule has 0 aromatic heterocycles. The minimum atomic E-state index is -1.73. The van der Waals surface area contributed by atoms with Gasteiger partial charge in [-0.1, -0.05) is 60.8 Å². The lowest BCUT2D eigenvalue weighted by Gasteiger charge is -2.51. The maximum Gasteiger partial charge on any atom is 0.349 e. The largest absolute Gasteiger partial charge is 0.459 e. The molecule has 0 saturated carbocycles. The lowest BCUT2D eigenvalue weighted by atomic mass is 9.88. The first-order valence-electron chi connectivity index (χ1n) is 13.5. The van der Waals surface area contributed by atoms with Gasteiger partial charge in [-0.05, 0) is 12.1 Å². The maximum absolute atomic E-state index is 13.9. The Hall–Kier alpha value is -3.06. The summed E-state index contributed by atoms with van der Waals surface area (Å²) in [6.07, 6.45) is 1.52. The Morgan fingerprint density at radius 3 is 2.14 bits per heavy atom. The number of aliphatic hydroxyl groups excluding tert-OH is 1. The van der Waals surface area contributed by atoms with Crippen LogP contribution in [0.3, 0.4) is 0 Å². The van der Waals surface area contributed by atoms with Crippen molar-refractivity contribution in [3.8, 4) is 0 Å². The van der Waals surface area contributed by atoms with Crippen LogP contribution in [0.5, 0.6) is 0 Å². The summed E-state index contributed by atoms with van der Waals surface area (Å²) >= 11 is 1.10. The third-order valence-electron chi connectivity index (χ3n) is 6.29. The average molecular weight is 604 g/mol. The zero-order valence-corrected chi connectivity index (χ0v) is 25.0. The van der Waals surface area contributed by atoms with Gasteiger partial charge in [-0.2, -0.15) is 0 Å². The van der Waals surface area contributed by atoms with E-state index in [1.165, 1.54) is 38.2 Å². The predicted molar refractivity (Wildman–Crippen MR) is 160 cm³/mol. The zero-order chi connectivity index (χ0) is 31.1. The number of benzene rings is 1. The molecule has 0 radical (unpaired) electrons. The SMILES string of the molecule is C=CCOC(=O)[C@@]1(Sc2ccccc2)C[C@H](OCC=C)[C@@H](N(C(C)=O)C(C)=O)[C@H]([C@H](OCC=C)[C@@H](CO)OCC=C)O1. The Morgan fingerprint density at radius 1 is 1.00 bits per heavy atom. The van der Waals surface area contributed by atoms with Crippen LogP contribution in [-0.2, 0) is 38.1 Å². The summed E-state index contributed by atoms with van der Waals surface area (Å²) < 4.78 is 30.3. The lowest BCUT2D eigenvalue weighted by Crippen LogP contribution is -2.69. The second kappa shape index (κ2) is 17.8. The summed E-state index contributed by atoms with van der Waals surface area (Å²) in [6.45, 7) is 16.7. The predicted octanol–water partition coefficient (Wildman–Crippen LogP) is 3.46. The molecule has 1 heterocycles. The normalized spacial score (nSPS) is 23.2. The van der Waals surface area contributed by atoms with Crippen molar-refractivity contribution in [1.29, 1.82) is 0 Å². The highest BCUT2D eigenvalue weighted by molar-refractivity contribution is 8.01. The second-order valence-corrected chi connectivity index (χ2v) is 10.7. The standard InChI is InChI=1S/C31H41NO9S/c1-7-16-37-25-20-31(30(36)40-19-10-4,42-24-14-12-11-13-15-24)41-29(27(25)32(22(5)34)23(6)35)28(39-18-9-3)26(21-33)38-17-8-2/h7-15,25-29,33H,1-4,16-21H2,5-6H3/t25-,26+,27+,28+,29+,31-/m0/s1. The van der Waals surface area contributed by atoms with Gasteiger partial charge in [0.1, 0.15) is 24.9 Å². The van der Waals surface area contributed by atoms with Gasteiger partial charge in [0.2, 0.25) is 16.7 Å². The molecule has 1 aromatic carbocycles. The molecule has 1 aliphatic heterocycles. The van der Waals surface area contributed by atoms with Crippen LogP contribution in [-0.4, -0.2) is 96.2 Å². The van der Waals surface area contributed by atoms with E-state index >= 15 is 0 Å². The van der Waals surface area contributed by atoms with E-state index in [0.29, 0.717) is 4.90 Å². The molecule has 1 saturated heterocycles. The van der Waals surface area contributed by atoms with Crippen LogP contribution in [0.2, 0.25) is 0 Å². The summed E-state index contributed by atoms with van der Waals surface area (Å²) in [5, 5.41) is 10.4. The smallest absolute Gasteiger partial charge is 0.349 e. The average Bonchev–Trinajstić information content (AvgIpc) is 2.97. The van der Waals surface area contributed by atoms with E-state index in [0.717, 1.165) is 16.7 Å². The van der Waals surface area contributed by atoms with Crippen LogP contribution in [0.15, 0.2) is 85.8 Å². The number of aliphatic hydroxyl groups is 1. The topological polar surface area (TPSA) is 121 Å². The van der Waals surface area contributed by atoms with Gasteiger partial charge in [-0.3, -0.25) is 14.5 Å². The van der Waals surface area contributed by atoms with E-state index in [9.17, 15) is 19.5 Å². The van der Waals surface area contributed by atoms with Crippen LogP contribution < -0.4 is 0 Å². The molecular formula is C31H41NO9S. The van der Waals surface area contributed by atoms with Gasteiger partial charge in [-0.25, -0.2) is 4.79 Å². The first kappa shape index (κ1) is 35.1. The number of hydrogen-bond acceptors (Lipinski definition) is 10. The molecule has 1 N–H and O–H groups in total. The van der Waals surface area contributed by atoms with Crippen LogP contribution in [0.4, 0.5) is 0 Å². The van der Waals surface area contributed by atoms with Crippen LogP contribution in [0, 0.1) is 0 Å². The summed E-state index contributed by atoms with van der Waals surface area (Å²) in [5.74, 6) is -1.86. The first-order valence-corrected chi connectivity index (χ1v) is 14.3. The summed E-state index contributed by atoms with van der Waals surface area (Å²) in [4.78, 5) is 39.7. The Labute approximate surface area is 252 Å². The number of thioether (sulfide) groups is 1. The molecule has 0 unspecified atom stereocenters. The van der Waals surface area contributed by atoms with Crippen molar-refractivity contribution in [3.63, 3.8) is 0 Å². The van der Waals surface area contributed by atoms with E-state index in [4.69, 9.17) is 23.7 Å². The summed E-state index contributed by atoms with van der Waals surface area (Å²) in [7, 11) is 0. The molecule has 1 aliphatic rings. The lowest BCUT2D eigenvalue weighted by molar-refractivity contribution is -0.233. The highest BCUT2D eigenvalue weighted by atomic mass is 32.2. The molecule has 11 heteroatoms. The van der Waals surface area contributed by atoms with Crippen LogP contribution >= 0.6 is 11.8 Å². The van der Waals surface area contributed by atoms with Crippen molar-refractivity contribution in [1.82, 2.24) is 4.90 Å². The van der Waals surface area contributed by atoms with E-state index in [2.05, 4.69) is 26.3 Å². The monoisotopic (exact) mass is 603 g/mol. The van der Waals surface area contributed by atoms with E-state index in [-0.39, 0.29) is 32.8 Å². The number of hydrogen-bond donors (Lipinski definition) is 1. The fourth-order valence-electron chi connectivity index (χ4n) is 4.70. The molecule has 10 nitrogen and oxygen atoms in total. The molecule has 1 fully saturated rings. The molecule has 2 amide bonds. The minimum absolute atomic E-state index is 0.00323. The summed E-state index contributed by atoms with van der Waals surface area (Å²) in [6, 6.07) is 7.99. The number of amides is 2. The quantitative estimate of drug-likeness (QED) is 0.197. The van der Waals surface area contributed by atoms with Crippen molar-refractivity contribution in [2.24, 2.45) is 0 Å². The number of carbonyl (C=O) groups is 3. The summed E-state index contributed by atoms with van der Waals surface area (Å²) in [5.41, 5.74) is 0. The Balaban J connectivity index is 2.84. The first-order chi connectivity index (χ1) is 20.2. The molecule has 0 bridgehead atoms. The van der Waals surface area contributed by atoms with Gasteiger partial charge in [0.15, 0.2) is 0 Å². The van der Waals surface area contributed by atoms with Gasteiger partial charge in [0.05, 0.1) is 38.6 Å². The Morgan fingerprint density at radius 2 is 1.60 bits per heavy atom. The third kappa shape index (κ3) is 9.22. The van der Waals surface area contributed by atoms with E-state index in [1.807, 2.05) is 30.3 Å². The van der Waals surface area contributed by atoms with Gasteiger partial charge >= 0.3 is 5.97 Å². The zero-order valence-electron chi connectivity index (χ0n) is 24.2. The van der Waals surface area contributed by atoms with E-state index < -0.39 is 59.8 Å². The van der Waals surface area contributed by atoms with Gasteiger partial charge in [-0.15, -0.1) is 19.7 Å². The molecule has 230 valence electrons. The molecular weight excluding hydrogens is 562 g/mol. The molecule has 0 aliphatic carbocycles.